The van der Waals surface area contributed by atoms with Crippen LogP contribution in [0, 0.1) is 0 Å². The summed E-state index contributed by atoms with van der Waals surface area (Å²) in [7, 11) is 0. The van der Waals surface area contributed by atoms with Gasteiger partial charge in [-0.1, -0.05) is 23.4 Å². The third kappa shape index (κ3) is 1.50. The van der Waals surface area contributed by atoms with Gasteiger partial charge < -0.3 is 5.32 Å². The molecule has 0 saturated heterocycles. The van der Waals surface area contributed by atoms with Crippen molar-refractivity contribution in [1.82, 2.24) is 25.9 Å². The SMILES string of the molecule is c1cc2c(c(Cc3nn[nH]n3)c1)CNC2. The molecular weight excluding hydrogens is 190 g/mol. The van der Waals surface area contributed by atoms with Gasteiger partial charge in [0.05, 0.1) is 0 Å². The second-order valence-corrected chi connectivity index (χ2v) is 3.66. The van der Waals surface area contributed by atoms with E-state index in [4.69, 9.17) is 0 Å². The van der Waals surface area contributed by atoms with E-state index in [9.17, 15) is 0 Å². The van der Waals surface area contributed by atoms with E-state index in [0.29, 0.717) is 0 Å². The van der Waals surface area contributed by atoms with Gasteiger partial charge in [0, 0.05) is 19.5 Å². The number of rotatable bonds is 2. The molecule has 2 N–H and O–H groups in total. The van der Waals surface area contributed by atoms with Gasteiger partial charge in [0.1, 0.15) is 0 Å². The van der Waals surface area contributed by atoms with Crippen molar-refractivity contribution < 1.29 is 0 Å². The van der Waals surface area contributed by atoms with Gasteiger partial charge >= 0.3 is 0 Å². The second kappa shape index (κ2) is 3.43. The molecule has 0 spiro atoms. The average molecular weight is 201 g/mol. The van der Waals surface area contributed by atoms with E-state index in [0.717, 1.165) is 25.3 Å². The quantitative estimate of drug-likeness (QED) is 0.737. The standard InChI is InChI=1S/C10H11N5/c1-2-7(4-10-12-14-15-13-10)9-6-11-5-8(9)3-1/h1-3,11H,4-6H2,(H,12,13,14,15). The molecule has 0 fully saturated rings. The topological polar surface area (TPSA) is 66.5 Å². The molecule has 76 valence electrons. The van der Waals surface area contributed by atoms with Crippen molar-refractivity contribution in [3.05, 3.63) is 40.7 Å². The Morgan fingerprint density at radius 1 is 1.27 bits per heavy atom. The van der Waals surface area contributed by atoms with Crippen LogP contribution < -0.4 is 5.32 Å². The van der Waals surface area contributed by atoms with Crippen LogP contribution in [-0.4, -0.2) is 20.6 Å². The fraction of sp³-hybridized carbons (Fsp3) is 0.300. The molecule has 1 aromatic heterocycles. The van der Waals surface area contributed by atoms with E-state index in [1.54, 1.807) is 0 Å². The summed E-state index contributed by atoms with van der Waals surface area (Å²) in [4.78, 5) is 0. The molecule has 0 radical (unpaired) electrons. The molecule has 0 amide bonds. The minimum atomic E-state index is 0.746. The zero-order chi connectivity index (χ0) is 10.1. The molecule has 0 bridgehead atoms. The van der Waals surface area contributed by atoms with Gasteiger partial charge in [0.15, 0.2) is 5.82 Å². The van der Waals surface area contributed by atoms with Crippen LogP contribution in [0.1, 0.15) is 22.5 Å². The second-order valence-electron chi connectivity index (χ2n) is 3.66. The lowest BCUT2D eigenvalue weighted by Crippen LogP contribution is -2.01. The number of fused-ring (bicyclic) bond motifs is 1. The summed E-state index contributed by atoms with van der Waals surface area (Å²) < 4.78 is 0. The number of nitrogens with one attached hydrogen (secondary N) is 2. The van der Waals surface area contributed by atoms with Gasteiger partial charge in [-0.05, 0) is 16.7 Å². The van der Waals surface area contributed by atoms with Crippen LogP contribution in [0.3, 0.4) is 0 Å². The van der Waals surface area contributed by atoms with E-state index in [-0.39, 0.29) is 0 Å². The van der Waals surface area contributed by atoms with Crippen molar-refractivity contribution in [2.24, 2.45) is 0 Å². The van der Waals surface area contributed by atoms with Gasteiger partial charge in [-0.25, -0.2) is 0 Å². The molecule has 1 aliphatic rings. The first-order valence-electron chi connectivity index (χ1n) is 4.96. The highest BCUT2D eigenvalue weighted by Crippen LogP contribution is 2.21. The first-order chi connectivity index (χ1) is 7.43. The van der Waals surface area contributed by atoms with Gasteiger partial charge in [0.2, 0.25) is 0 Å². The summed E-state index contributed by atoms with van der Waals surface area (Å²) in [6, 6.07) is 6.37. The van der Waals surface area contributed by atoms with Gasteiger partial charge in [-0.15, -0.1) is 10.2 Å². The Kier molecular flexibility index (Phi) is 1.96. The van der Waals surface area contributed by atoms with E-state index in [1.807, 2.05) is 0 Å². The Morgan fingerprint density at radius 3 is 3.13 bits per heavy atom. The smallest absolute Gasteiger partial charge is 0.178 e. The van der Waals surface area contributed by atoms with Crippen molar-refractivity contribution in [3.8, 4) is 0 Å². The monoisotopic (exact) mass is 201 g/mol. The van der Waals surface area contributed by atoms with Crippen LogP contribution in [0.15, 0.2) is 18.2 Å². The van der Waals surface area contributed by atoms with Crippen molar-refractivity contribution in [2.75, 3.05) is 0 Å². The van der Waals surface area contributed by atoms with Crippen LogP contribution in [0.2, 0.25) is 0 Å². The van der Waals surface area contributed by atoms with Crippen LogP contribution in [0.5, 0.6) is 0 Å². The van der Waals surface area contributed by atoms with E-state index in [2.05, 4.69) is 44.1 Å². The maximum Gasteiger partial charge on any atom is 0.178 e. The number of hydrogen-bond donors (Lipinski definition) is 2. The lowest BCUT2D eigenvalue weighted by molar-refractivity contribution is 0.761. The van der Waals surface area contributed by atoms with Crippen molar-refractivity contribution in [2.45, 2.75) is 19.5 Å². The Labute approximate surface area is 86.9 Å². The van der Waals surface area contributed by atoms with Gasteiger partial charge in [0.25, 0.3) is 0 Å². The predicted molar refractivity (Wildman–Crippen MR) is 54.0 cm³/mol. The third-order valence-electron chi connectivity index (χ3n) is 2.73. The summed E-state index contributed by atoms with van der Waals surface area (Å²) in [5, 5.41) is 17.3. The van der Waals surface area contributed by atoms with Crippen molar-refractivity contribution in [1.29, 1.82) is 0 Å². The molecule has 5 heteroatoms. The van der Waals surface area contributed by atoms with Gasteiger partial charge in [-0.2, -0.15) is 5.21 Å². The number of tetrazole rings is 1. The summed E-state index contributed by atoms with van der Waals surface area (Å²) >= 11 is 0. The molecule has 5 nitrogen and oxygen atoms in total. The first-order valence-corrected chi connectivity index (χ1v) is 4.96. The molecule has 1 aromatic carbocycles. The minimum Gasteiger partial charge on any atom is -0.309 e. The number of benzene rings is 1. The molecule has 3 rings (SSSR count). The van der Waals surface area contributed by atoms with Crippen LogP contribution >= 0.6 is 0 Å². The summed E-state index contributed by atoms with van der Waals surface area (Å²) in [6.07, 6.45) is 0.751. The Hall–Kier alpha value is -1.75. The minimum absolute atomic E-state index is 0.746. The highest BCUT2D eigenvalue weighted by molar-refractivity contribution is 5.38. The highest BCUT2D eigenvalue weighted by atomic mass is 15.5. The number of aromatic amines is 1. The molecule has 0 unspecified atom stereocenters. The molecule has 0 saturated carbocycles. The predicted octanol–water partition coefficient (Wildman–Crippen LogP) is 0.394. The number of H-pyrrole nitrogens is 1. The number of aromatic nitrogens is 4. The molecule has 2 aromatic rings. The fourth-order valence-corrected chi connectivity index (χ4v) is 2.00. The van der Waals surface area contributed by atoms with Crippen LogP contribution in [0.25, 0.3) is 0 Å². The van der Waals surface area contributed by atoms with E-state index in [1.165, 1.54) is 16.7 Å². The summed E-state index contributed by atoms with van der Waals surface area (Å²) in [5.41, 5.74) is 4.07. The molecular formula is C10H11N5. The fourth-order valence-electron chi connectivity index (χ4n) is 2.00. The van der Waals surface area contributed by atoms with Crippen LogP contribution in [0.4, 0.5) is 0 Å². The lowest BCUT2D eigenvalue weighted by Gasteiger charge is -2.04. The highest BCUT2D eigenvalue weighted by Gasteiger charge is 2.14. The summed E-state index contributed by atoms with van der Waals surface area (Å²) in [6.45, 7) is 1.92. The Morgan fingerprint density at radius 2 is 2.27 bits per heavy atom. The lowest BCUT2D eigenvalue weighted by atomic mass is 10.0. The molecule has 1 aliphatic heterocycles. The Bertz CT molecular complexity index is 463. The molecule has 0 aliphatic carbocycles. The number of hydrogen-bond acceptors (Lipinski definition) is 4. The van der Waals surface area contributed by atoms with Gasteiger partial charge in [-0.3, -0.25) is 0 Å². The zero-order valence-corrected chi connectivity index (χ0v) is 8.20. The number of nitrogens with zero attached hydrogens (tertiary/aromatic N) is 3. The molecule has 2 heterocycles. The molecule has 0 atom stereocenters. The third-order valence-corrected chi connectivity index (χ3v) is 2.73. The van der Waals surface area contributed by atoms with E-state index < -0.39 is 0 Å². The van der Waals surface area contributed by atoms with Crippen molar-refractivity contribution in [3.63, 3.8) is 0 Å². The van der Waals surface area contributed by atoms with Crippen LogP contribution in [-0.2, 0) is 19.5 Å². The first kappa shape index (κ1) is 8.55. The Balaban J connectivity index is 1.96. The average Bonchev–Trinajstić information content (AvgIpc) is 2.87. The maximum absolute atomic E-state index is 3.97. The normalized spacial score (nSPS) is 14.1. The zero-order valence-electron chi connectivity index (χ0n) is 8.20. The largest absolute Gasteiger partial charge is 0.309 e. The summed E-state index contributed by atoms with van der Waals surface area (Å²) in [5.74, 6) is 0.746. The molecule has 15 heavy (non-hydrogen) atoms. The van der Waals surface area contributed by atoms with Crippen molar-refractivity contribution >= 4 is 0 Å². The van der Waals surface area contributed by atoms with E-state index >= 15 is 0 Å². The maximum atomic E-state index is 3.97.